The van der Waals surface area contributed by atoms with E-state index in [0.717, 1.165) is 25.6 Å². The second-order valence-electron chi connectivity index (χ2n) is 5.04. The SMILES string of the molecule is CCCC1CCC(C#N)C(SC2COC2)C1. The van der Waals surface area contributed by atoms with E-state index >= 15 is 0 Å². The zero-order chi connectivity index (χ0) is 11.4. The maximum Gasteiger partial charge on any atom is 0.0667 e. The van der Waals surface area contributed by atoms with E-state index in [2.05, 4.69) is 13.0 Å². The van der Waals surface area contributed by atoms with Crippen LogP contribution in [0.3, 0.4) is 0 Å². The number of ether oxygens (including phenoxy) is 1. The molecule has 2 aliphatic rings. The minimum atomic E-state index is 0.290. The Morgan fingerprint density at radius 2 is 2.19 bits per heavy atom. The van der Waals surface area contributed by atoms with Crippen molar-refractivity contribution in [3.8, 4) is 6.07 Å². The Labute approximate surface area is 103 Å². The van der Waals surface area contributed by atoms with Crippen molar-refractivity contribution in [3.05, 3.63) is 0 Å². The summed E-state index contributed by atoms with van der Waals surface area (Å²) in [5, 5.41) is 10.4. The standard InChI is InChI=1S/C13H21NOS/c1-2-3-10-4-5-11(7-14)13(6-10)16-12-8-15-9-12/h10-13H,2-6,8-9H2,1H3. The number of nitriles is 1. The van der Waals surface area contributed by atoms with Crippen molar-refractivity contribution in [1.29, 1.82) is 5.26 Å². The monoisotopic (exact) mass is 239 g/mol. The molecule has 3 heteroatoms. The van der Waals surface area contributed by atoms with Gasteiger partial charge in [-0.25, -0.2) is 0 Å². The van der Waals surface area contributed by atoms with Gasteiger partial charge in [-0.2, -0.15) is 5.26 Å². The molecule has 1 saturated heterocycles. The van der Waals surface area contributed by atoms with E-state index < -0.39 is 0 Å². The lowest BCUT2D eigenvalue weighted by atomic mass is 9.80. The highest BCUT2D eigenvalue weighted by atomic mass is 32.2. The van der Waals surface area contributed by atoms with Gasteiger partial charge < -0.3 is 4.74 Å². The van der Waals surface area contributed by atoms with Crippen molar-refractivity contribution in [2.45, 2.75) is 49.5 Å². The molecule has 16 heavy (non-hydrogen) atoms. The maximum atomic E-state index is 9.19. The van der Waals surface area contributed by atoms with Crippen molar-refractivity contribution in [2.75, 3.05) is 13.2 Å². The van der Waals surface area contributed by atoms with Crippen molar-refractivity contribution >= 4 is 11.8 Å². The summed E-state index contributed by atoms with van der Waals surface area (Å²) in [6, 6.07) is 2.51. The molecule has 1 aliphatic heterocycles. The zero-order valence-corrected chi connectivity index (χ0v) is 10.8. The summed E-state index contributed by atoms with van der Waals surface area (Å²) in [7, 11) is 0. The molecule has 0 radical (unpaired) electrons. The fourth-order valence-corrected chi connectivity index (χ4v) is 4.33. The molecule has 2 fully saturated rings. The highest BCUT2D eigenvalue weighted by molar-refractivity contribution is 8.00. The molecule has 0 aromatic carbocycles. The fraction of sp³-hybridized carbons (Fsp3) is 0.923. The first-order chi connectivity index (χ1) is 7.83. The molecule has 0 bridgehead atoms. The smallest absolute Gasteiger partial charge is 0.0667 e. The van der Waals surface area contributed by atoms with Crippen molar-refractivity contribution in [3.63, 3.8) is 0 Å². The van der Waals surface area contributed by atoms with Crippen LogP contribution in [-0.2, 0) is 4.74 Å². The zero-order valence-electron chi connectivity index (χ0n) is 10.0. The third-order valence-corrected chi connectivity index (χ3v) is 5.27. The lowest BCUT2D eigenvalue weighted by molar-refractivity contribution is 0.0450. The topological polar surface area (TPSA) is 33.0 Å². The van der Waals surface area contributed by atoms with E-state index in [1.54, 1.807) is 0 Å². The summed E-state index contributed by atoms with van der Waals surface area (Å²) in [5.41, 5.74) is 0. The third-order valence-electron chi connectivity index (χ3n) is 3.74. The van der Waals surface area contributed by atoms with E-state index in [4.69, 9.17) is 4.74 Å². The molecule has 90 valence electrons. The molecule has 0 amide bonds. The summed E-state index contributed by atoms with van der Waals surface area (Å²) < 4.78 is 5.22. The van der Waals surface area contributed by atoms with E-state index in [9.17, 15) is 5.26 Å². The van der Waals surface area contributed by atoms with Gasteiger partial charge in [0.1, 0.15) is 0 Å². The number of hydrogen-bond acceptors (Lipinski definition) is 3. The van der Waals surface area contributed by atoms with E-state index in [0.29, 0.717) is 16.4 Å². The minimum Gasteiger partial charge on any atom is -0.379 e. The van der Waals surface area contributed by atoms with Gasteiger partial charge in [-0.3, -0.25) is 0 Å². The third kappa shape index (κ3) is 2.93. The van der Waals surface area contributed by atoms with Gasteiger partial charge in [-0.15, -0.1) is 11.8 Å². The van der Waals surface area contributed by atoms with Gasteiger partial charge in [0.05, 0.1) is 30.5 Å². The molecular weight excluding hydrogens is 218 g/mol. The number of rotatable bonds is 4. The first kappa shape index (κ1) is 12.3. The summed E-state index contributed by atoms with van der Waals surface area (Å²) in [5.74, 6) is 1.16. The van der Waals surface area contributed by atoms with Crippen LogP contribution in [0.4, 0.5) is 0 Å². The predicted octanol–water partition coefficient (Wildman–Crippen LogP) is 3.23. The average Bonchev–Trinajstić information content (AvgIpc) is 2.24. The molecule has 0 spiro atoms. The minimum absolute atomic E-state index is 0.290. The Morgan fingerprint density at radius 1 is 1.38 bits per heavy atom. The lowest BCUT2D eigenvalue weighted by Crippen LogP contribution is -2.36. The lowest BCUT2D eigenvalue weighted by Gasteiger charge is -2.36. The van der Waals surface area contributed by atoms with E-state index in [-0.39, 0.29) is 0 Å². The quantitative estimate of drug-likeness (QED) is 0.755. The van der Waals surface area contributed by atoms with Gasteiger partial charge in [-0.1, -0.05) is 19.8 Å². The van der Waals surface area contributed by atoms with Crippen LogP contribution in [0.15, 0.2) is 0 Å². The number of hydrogen-bond donors (Lipinski definition) is 0. The van der Waals surface area contributed by atoms with Crippen molar-refractivity contribution in [2.24, 2.45) is 11.8 Å². The van der Waals surface area contributed by atoms with Gasteiger partial charge in [-0.05, 0) is 25.2 Å². The molecule has 2 nitrogen and oxygen atoms in total. The van der Waals surface area contributed by atoms with Crippen LogP contribution >= 0.6 is 11.8 Å². The molecule has 0 aromatic heterocycles. The van der Waals surface area contributed by atoms with E-state index in [1.807, 2.05) is 11.8 Å². The van der Waals surface area contributed by atoms with Crippen LogP contribution in [-0.4, -0.2) is 23.7 Å². The molecule has 3 atom stereocenters. The Hall–Kier alpha value is -0.200. The van der Waals surface area contributed by atoms with Crippen LogP contribution in [0, 0.1) is 23.2 Å². The molecule has 1 heterocycles. The van der Waals surface area contributed by atoms with Crippen LogP contribution in [0.5, 0.6) is 0 Å². The Morgan fingerprint density at radius 3 is 2.75 bits per heavy atom. The highest BCUT2D eigenvalue weighted by Gasteiger charge is 2.34. The summed E-state index contributed by atoms with van der Waals surface area (Å²) in [6.07, 6.45) is 6.27. The molecule has 1 saturated carbocycles. The molecule has 0 N–H and O–H groups in total. The molecule has 2 rings (SSSR count). The molecule has 1 aliphatic carbocycles. The van der Waals surface area contributed by atoms with Crippen molar-refractivity contribution < 1.29 is 4.74 Å². The largest absolute Gasteiger partial charge is 0.379 e. The van der Waals surface area contributed by atoms with Crippen LogP contribution in [0.2, 0.25) is 0 Å². The molecular formula is C13H21NOS. The summed E-state index contributed by atoms with van der Waals surface area (Å²) >= 11 is 2.02. The van der Waals surface area contributed by atoms with Gasteiger partial charge in [0.15, 0.2) is 0 Å². The van der Waals surface area contributed by atoms with Crippen molar-refractivity contribution in [1.82, 2.24) is 0 Å². The van der Waals surface area contributed by atoms with E-state index in [1.165, 1.54) is 25.7 Å². The van der Waals surface area contributed by atoms with Gasteiger partial charge >= 0.3 is 0 Å². The Balaban J connectivity index is 1.86. The van der Waals surface area contributed by atoms with Gasteiger partial charge in [0, 0.05) is 5.25 Å². The predicted molar refractivity (Wildman–Crippen MR) is 67.3 cm³/mol. The molecule has 3 unspecified atom stereocenters. The van der Waals surface area contributed by atoms with Crippen LogP contribution < -0.4 is 0 Å². The summed E-state index contributed by atoms with van der Waals surface area (Å²) in [4.78, 5) is 0. The van der Waals surface area contributed by atoms with Gasteiger partial charge in [0.2, 0.25) is 0 Å². The fourth-order valence-electron chi connectivity index (χ4n) is 2.72. The number of thioether (sulfide) groups is 1. The maximum absolute atomic E-state index is 9.19. The second-order valence-corrected chi connectivity index (χ2v) is 6.58. The Kier molecular flexibility index (Phi) is 4.55. The highest BCUT2D eigenvalue weighted by Crippen LogP contribution is 2.40. The second kappa shape index (κ2) is 5.93. The molecule has 0 aromatic rings. The average molecular weight is 239 g/mol. The van der Waals surface area contributed by atoms with Gasteiger partial charge in [0.25, 0.3) is 0 Å². The normalized spacial score (nSPS) is 35.4. The van der Waals surface area contributed by atoms with Crippen LogP contribution in [0.1, 0.15) is 39.0 Å². The first-order valence-corrected chi connectivity index (χ1v) is 7.40. The first-order valence-electron chi connectivity index (χ1n) is 6.46. The summed E-state index contributed by atoms with van der Waals surface area (Å²) in [6.45, 7) is 4.06. The number of nitrogens with zero attached hydrogens (tertiary/aromatic N) is 1. The van der Waals surface area contributed by atoms with Crippen LogP contribution in [0.25, 0.3) is 0 Å². The Bertz CT molecular complexity index is 259.